The summed E-state index contributed by atoms with van der Waals surface area (Å²) in [4.78, 5) is 20.3. The predicted octanol–water partition coefficient (Wildman–Crippen LogP) is 4.35. The zero-order valence-electron chi connectivity index (χ0n) is 19.0. The van der Waals surface area contributed by atoms with Crippen LogP contribution in [0.2, 0.25) is 0 Å². The Kier molecular flexibility index (Phi) is 6.98. The number of hydrogen-bond donors (Lipinski definition) is 3. The van der Waals surface area contributed by atoms with Gasteiger partial charge < -0.3 is 25.6 Å². The number of aromatic carboxylic acids is 1. The van der Waals surface area contributed by atoms with E-state index >= 15 is 0 Å². The second kappa shape index (κ2) is 9.69. The molecule has 0 aliphatic carbocycles. The van der Waals surface area contributed by atoms with Crippen molar-refractivity contribution < 1.29 is 9.90 Å². The van der Waals surface area contributed by atoms with Crippen LogP contribution >= 0.6 is 0 Å². The van der Waals surface area contributed by atoms with Gasteiger partial charge in [0.05, 0.1) is 17.3 Å². The first-order chi connectivity index (χ1) is 15.2. The van der Waals surface area contributed by atoms with Gasteiger partial charge in [-0.1, -0.05) is 19.9 Å². The molecule has 1 aromatic heterocycles. The fourth-order valence-electron chi connectivity index (χ4n) is 3.78. The number of benzene rings is 1. The van der Waals surface area contributed by atoms with Crippen molar-refractivity contribution in [3.63, 3.8) is 0 Å². The van der Waals surface area contributed by atoms with E-state index in [0.717, 1.165) is 11.4 Å². The minimum atomic E-state index is -1.12. The van der Waals surface area contributed by atoms with Crippen LogP contribution in [0.4, 0.5) is 22.9 Å². The number of anilines is 4. The average Bonchev–Trinajstić information content (AvgIpc) is 2.78. The summed E-state index contributed by atoms with van der Waals surface area (Å²) in [5.74, 6) is -0.828. The zero-order valence-corrected chi connectivity index (χ0v) is 19.0. The molecule has 0 bridgehead atoms. The number of carboxylic acid groups (broad SMARTS) is 1. The summed E-state index contributed by atoms with van der Waals surface area (Å²) < 4.78 is 0. The predicted molar refractivity (Wildman–Crippen MR) is 127 cm³/mol. The first-order valence-electron chi connectivity index (χ1n) is 10.8. The van der Waals surface area contributed by atoms with E-state index in [0.29, 0.717) is 48.7 Å². The van der Waals surface area contributed by atoms with Crippen LogP contribution in [0.15, 0.2) is 30.3 Å². The number of rotatable bonds is 7. The highest BCUT2D eigenvalue weighted by Gasteiger charge is 2.27. The van der Waals surface area contributed by atoms with Crippen LogP contribution in [0.1, 0.15) is 42.7 Å². The van der Waals surface area contributed by atoms with Gasteiger partial charge in [0, 0.05) is 50.2 Å². The van der Waals surface area contributed by atoms with Crippen molar-refractivity contribution in [3.05, 3.63) is 41.6 Å². The molecule has 1 aliphatic heterocycles. The van der Waals surface area contributed by atoms with Crippen LogP contribution < -0.4 is 15.1 Å². The first kappa shape index (κ1) is 23.1. The maximum atomic E-state index is 11.9. The van der Waals surface area contributed by atoms with E-state index in [1.165, 1.54) is 0 Å². The molecule has 3 rings (SSSR count). The molecule has 0 atom stereocenters. The van der Waals surface area contributed by atoms with Gasteiger partial charge in [0.25, 0.3) is 0 Å². The van der Waals surface area contributed by atoms with Gasteiger partial charge in [0.2, 0.25) is 0 Å². The van der Waals surface area contributed by atoms with Crippen LogP contribution in [0.5, 0.6) is 0 Å². The van der Waals surface area contributed by atoms with Crippen molar-refractivity contribution in [3.8, 4) is 6.07 Å². The number of nitrogens with one attached hydrogen (secondary N) is 2. The fourth-order valence-corrected chi connectivity index (χ4v) is 3.78. The molecule has 2 aromatic rings. The monoisotopic (exact) mass is 434 g/mol. The molecule has 8 nitrogen and oxygen atoms in total. The Balaban J connectivity index is 2.13. The van der Waals surface area contributed by atoms with Gasteiger partial charge in [0.1, 0.15) is 5.82 Å². The summed E-state index contributed by atoms with van der Waals surface area (Å²) >= 11 is 0. The highest BCUT2D eigenvalue weighted by molar-refractivity contribution is 6.09. The molecule has 0 unspecified atom stereocenters. The quantitative estimate of drug-likeness (QED) is 0.555. The lowest BCUT2D eigenvalue weighted by atomic mass is 9.94. The lowest BCUT2D eigenvalue weighted by Gasteiger charge is -2.33. The van der Waals surface area contributed by atoms with Crippen LogP contribution in [0, 0.1) is 28.6 Å². The average molecular weight is 435 g/mol. The number of pyridine rings is 1. The van der Waals surface area contributed by atoms with Gasteiger partial charge in [-0.3, -0.25) is 0 Å². The molecule has 32 heavy (non-hydrogen) atoms. The van der Waals surface area contributed by atoms with Crippen LogP contribution in [0.25, 0.3) is 0 Å². The molecule has 1 aromatic carbocycles. The summed E-state index contributed by atoms with van der Waals surface area (Å²) in [6.45, 7) is 5.15. The first-order valence-corrected chi connectivity index (χ1v) is 10.8. The Labute approximate surface area is 189 Å². The largest absolute Gasteiger partial charge is 0.477 e. The van der Waals surface area contributed by atoms with Gasteiger partial charge in [0.15, 0.2) is 5.69 Å². The highest BCUT2D eigenvalue weighted by Crippen LogP contribution is 2.34. The molecule has 2 heterocycles. The Morgan fingerprint density at radius 3 is 2.56 bits per heavy atom. The van der Waals surface area contributed by atoms with Crippen molar-refractivity contribution >= 4 is 34.6 Å². The number of hydrogen-bond acceptors (Lipinski definition) is 7. The number of carboxylic acids is 1. The number of carbonyl (C=O) groups is 1. The van der Waals surface area contributed by atoms with Crippen molar-refractivity contribution in [2.24, 2.45) is 11.8 Å². The van der Waals surface area contributed by atoms with Gasteiger partial charge in [-0.05, 0) is 43.0 Å². The topological polar surface area (TPSA) is 116 Å². The molecular formula is C24H30N6O2. The van der Waals surface area contributed by atoms with E-state index < -0.39 is 5.97 Å². The Morgan fingerprint density at radius 2 is 2.00 bits per heavy atom. The normalized spacial score (nSPS) is 14.2. The molecule has 168 valence electrons. The summed E-state index contributed by atoms with van der Waals surface area (Å²) in [7, 11) is 3.90. The molecule has 0 saturated carbocycles. The summed E-state index contributed by atoms with van der Waals surface area (Å²) in [6.07, 6.45) is 1.42. The molecule has 0 spiro atoms. The molecule has 0 radical (unpaired) electrons. The van der Waals surface area contributed by atoms with Crippen molar-refractivity contribution in [2.45, 2.75) is 26.7 Å². The maximum Gasteiger partial charge on any atom is 0.354 e. The third-order valence-corrected chi connectivity index (χ3v) is 5.71. The van der Waals surface area contributed by atoms with Gasteiger partial charge >= 0.3 is 5.97 Å². The molecule has 8 heteroatoms. The van der Waals surface area contributed by atoms with E-state index in [-0.39, 0.29) is 17.5 Å². The Hall–Kier alpha value is -3.60. The number of aromatic nitrogens is 1. The van der Waals surface area contributed by atoms with E-state index in [2.05, 4.69) is 21.3 Å². The van der Waals surface area contributed by atoms with Gasteiger partial charge in [-0.25, -0.2) is 9.78 Å². The fraction of sp³-hybridized carbons (Fsp3) is 0.417. The Bertz CT molecular complexity index is 1050. The smallest absolute Gasteiger partial charge is 0.354 e. The summed E-state index contributed by atoms with van der Waals surface area (Å²) in [5, 5.41) is 31.0. The van der Waals surface area contributed by atoms with Crippen molar-refractivity contribution in [1.82, 2.24) is 4.98 Å². The molecule has 1 saturated heterocycles. The van der Waals surface area contributed by atoms with E-state index in [1.54, 1.807) is 6.07 Å². The minimum absolute atomic E-state index is 0.00593. The van der Waals surface area contributed by atoms with E-state index in [9.17, 15) is 15.2 Å². The van der Waals surface area contributed by atoms with E-state index in [4.69, 9.17) is 5.41 Å². The SMILES string of the molecule is CC(C)C(=N)c1c(N2CCC(C#N)CC2)cc(C(=O)O)nc1Nc1cccc(N(C)C)c1. The second-order valence-corrected chi connectivity index (χ2v) is 8.58. The number of nitriles is 1. The van der Waals surface area contributed by atoms with Gasteiger partial charge in [-0.2, -0.15) is 5.26 Å². The van der Waals surface area contributed by atoms with Gasteiger partial charge in [-0.15, -0.1) is 0 Å². The number of piperidine rings is 1. The summed E-state index contributed by atoms with van der Waals surface area (Å²) in [6, 6.07) is 11.6. The van der Waals surface area contributed by atoms with Crippen molar-refractivity contribution in [2.75, 3.05) is 42.3 Å². The molecule has 1 fully saturated rings. The third-order valence-electron chi connectivity index (χ3n) is 5.71. The van der Waals surface area contributed by atoms with E-state index in [1.807, 2.05) is 57.1 Å². The lowest BCUT2D eigenvalue weighted by Crippen LogP contribution is -2.35. The van der Waals surface area contributed by atoms with Crippen LogP contribution in [0.3, 0.4) is 0 Å². The standard InChI is InChI=1S/C24H30N6O2/c1-15(2)22(26)21-20(30-10-8-16(14-25)9-11-30)13-19(24(31)32)28-23(21)27-17-6-5-7-18(12-17)29(3)4/h5-7,12-13,15-16,26H,8-11H2,1-4H3,(H,27,28)(H,31,32). The molecule has 3 N–H and O–H groups in total. The molecule has 0 amide bonds. The zero-order chi connectivity index (χ0) is 23.4. The minimum Gasteiger partial charge on any atom is -0.477 e. The maximum absolute atomic E-state index is 11.9. The van der Waals surface area contributed by atoms with Crippen LogP contribution in [-0.4, -0.2) is 49.0 Å². The molecule has 1 aliphatic rings. The summed E-state index contributed by atoms with van der Waals surface area (Å²) in [5.41, 5.74) is 3.35. The highest BCUT2D eigenvalue weighted by atomic mass is 16.4. The number of nitrogens with zero attached hydrogens (tertiary/aromatic N) is 4. The third kappa shape index (κ3) is 4.99. The molecular weight excluding hydrogens is 404 g/mol. The van der Waals surface area contributed by atoms with Crippen LogP contribution in [-0.2, 0) is 0 Å². The lowest BCUT2D eigenvalue weighted by molar-refractivity contribution is 0.0690. The van der Waals surface area contributed by atoms with Crippen molar-refractivity contribution in [1.29, 1.82) is 10.7 Å². The second-order valence-electron chi connectivity index (χ2n) is 8.58. The Morgan fingerprint density at radius 1 is 1.31 bits per heavy atom.